The van der Waals surface area contributed by atoms with E-state index in [2.05, 4.69) is 15.5 Å². The number of anilines is 1. The molecule has 0 saturated carbocycles. The molecule has 1 heterocycles. The number of aryl methyl sites for hydroxylation is 1. The molecule has 28 heavy (non-hydrogen) atoms. The molecule has 0 aliphatic rings. The number of hydrazone groups is 1. The van der Waals surface area contributed by atoms with Crippen molar-refractivity contribution < 1.29 is 9.53 Å². The normalized spacial score (nSPS) is 11.0. The summed E-state index contributed by atoms with van der Waals surface area (Å²) in [6, 6.07) is 12.5. The highest BCUT2D eigenvalue weighted by Gasteiger charge is 2.13. The molecule has 0 unspecified atom stereocenters. The van der Waals surface area contributed by atoms with Gasteiger partial charge >= 0.3 is 0 Å². The molecule has 0 fully saturated rings. The lowest BCUT2D eigenvalue weighted by atomic mass is 10.2. The number of nitrogens with two attached hydrogens (primary N) is 1. The Kier molecular flexibility index (Phi) is 6.51. The Bertz CT molecular complexity index is 999. The summed E-state index contributed by atoms with van der Waals surface area (Å²) in [5.74, 6) is 0.312. The number of thiazole rings is 1. The van der Waals surface area contributed by atoms with Gasteiger partial charge in [-0.15, -0.1) is 0 Å². The predicted molar refractivity (Wildman–Crippen MR) is 114 cm³/mol. The average Bonchev–Trinajstić information content (AvgIpc) is 3.01. The number of amides is 1. The molecule has 144 valence electrons. The highest BCUT2D eigenvalue weighted by molar-refractivity contribution is 7.17. The standard InChI is InChI=1S/C19H16Cl2N4O2S/c1-11-17(28-19(22)24-11)18(26)25-23-9-12-5-7-13(8-6-12)27-10-14-15(20)3-2-4-16(14)21/h2-9H,10H2,1H3,(H2,22,24)(H,25,26)/b23-9-. The molecule has 0 atom stereocenters. The van der Waals surface area contributed by atoms with Crippen molar-refractivity contribution in [1.82, 2.24) is 10.4 Å². The smallest absolute Gasteiger partial charge is 0.283 e. The van der Waals surface area contributed by atoms with E-state index in [1.807, 2.05) is 12.1 Å². The number of aromatic nitrogens is 1. The van der Waals surface area contributed by atoms with Crippen LogP contribution in [0.4, 0.5) is 5.13 Å². The van der Waals surface area contributed by atoms with Crippen LogP contribution in [0.2, 0.25) is 10.0 Å². The monoisotopic (exact) mass is 434 g/mol. The number of hydrogen-bond donors (Lipinski definition) is 2. The quantitative estimate of drug-likeness (QED) is 0.435. The zero-order valence-corrected chi connectivity index (χ0v) is 17.1. The van der Waals surface area contributed by atoms with Crippen LogP contribution in [0.25, 0.3) is 0 Å². The van der Waals surface area contributed by atoms with E-state index in [1.54, 1.807) is 37.3 Å². The highest BCUT2D eigenvalue weighted by Crippen LogP contribution is 2.26. The van der Waals surface area contributed by atoms with Gasteiger partial charge in [0.25, 0.3) is 5.91 Å². The van der Waals surface area contributed by atoms with Crippen molar-refractivity contribution in [3.63, 3.8) is 0 Å². The maximum Gasteiger partial charge on any atom is 0.283 e. The molecule has 3 N–H and O–H groups in total. The first-order chi connectivity index (χ1) is 13.4. The summed E-state index contributed by atoms with van der Waals surface area (Å²) in [5.41, 5.74) is 10.2. The van der Waals surface area contributed by atoms with Crippen LogP contribution in [0.3, 0.4) is 0 Å². The SMILES string of the molecule is Cc1nc(N)sc1C(=O)N/N=C\c1ccc(OCc2c(Cl)cccc2Cl)cc1. The second-order valence-electron chi connectivity index (χ2n) is 5.72. The molecule has 0 radical (unpaired) electrons. The number of rotatable bonds is 6. The number of nitrogens with one attached hydrogen (secondary N) is 1. The molecular weight excluding hydrogens is 419 g/mol. The van der Waals surface area contributed by atoms with Crippen LogP contribution in [0.5, 0.6) is 5.75 Å². The van der Waals surface area contributed by atoms with Gasteiger partial charge in [0.2, 0.25) is 0 Å². The topological polar surface area (TPSA) is 89.6 Å². The van der Waals surface area contributed by atoms with Gasteiger partial charge in [-0.05, 0) is 48.9 Å². The molecule has 3 aromatic rings. The van der Waals surface area contributed by atoms with Crippen LogP contribution in [-0.2, 0) is 6.61 Å². The van der Waals surface area contributed by atoms with Crippen molar-refractivity contribution in [2.75, 3.05) is 5.73 Å². The minimum absolute atomic E-state index is 0.263. The summed E-state index contributed by atoms with van der Waals surface area (Å²) in [6.45, 7) is 1.99. The summed E-state index contributed by atoms with van der Waals surface area (Å²) in [4.78, 5) is 16.5. The van der Waals surface area contributed by atoms with Gasteiger partial charge in [0.1, 0.15) is 17.2 Å². The van der Waals surface area contributed by atoms with Gasteiger partial charge in [0.15, 0.2) is 5.13 Å². The Morgan fingerprint density at radius 2 is 1.93 bits per heavy atom. The van der Waals surface area contributed by atoms with Gasteiger partial charge in [0, 0.05) is 15.6 Å². The Morgan fingerprint density at radius 3 is 2.54 bits per heavy atom. The summed E-state index contributed by atoms with van der Waals surface area (Å²) in [5, 5.41) is 5.42. The van der Waals surface area contributed by atoms with Gasteiger partial charge in [0.05, 0.1) is 11.9 Å². The van der Waals surface area contributed by atoms with Crippen LogP contribution in [0.15, 0.2) is 47.6 Å². The number of carbonyl (C=O) groups is 1. The van der Waals surface area contributed by atoms with E-state index >= 15 is 0 Å². The zero-order chi connectivity index (χ0) is 20.1. The number of benzene rings is 2. The summed E-state index contributed by atoms with van der Waals surface area (Å²) in [6.07, 6.45) is 1.53. The first-order valence-electron chi connectivity index (χ1n) is 8.16. The molecule has 9 heteroatoms. The third-order valence-corrected chi connectivity index (χ3v) is 5.42. The van der Waals surface area contributed by atoms with E-state index in [1.165, 1.54) is 6.21 Å². The lowest BCUT2D eigenvalue weighted by Crippen LogP contribution is -2.17. The summed E-state index contributed by atoms with van der Waals surface area (Å²) in [7, 11) is 0. The number of nitrogen functional groups attached to an aromatic ring is 1. The van der Waals surface area contributed by atoms with Crippen LogP contribution in [-0.4, -0.2) is 17.1 Å². The number of carbonyl (C=O) groups excluding carboxylic acids is 1. The van der Waals surface area contributed by atoms with Gasteiger partial charge in [-0.1, -0.05) is 40.6 Å². The molecule has 0 aliphatic carbocycles. The molecule has 0 bridgehead atoms. The van der Waals surface area contributed by atoms with Gasteiger partial charge in [-0.25, -0.2) is 10.4 Å². The lowest BCUT2D eigenvalue weighted by molar-refractivity contribution is 0.0958. The summed E-state index contributed by atoms with van der Waals surface area (Å²) >= 11 is 13.4. The fourth-order valence-corrected chi connectivity index (χ4v) is 3.55. The molecule has 0 saturated heterocycles. The number of halogens is 2. The van der Waals surface area contributed by atoms with Gasteiger partial charge in [-0.2, -0.15) is 5.10 Å². The van der Waals surface area contributed by atoms with E-state index in [9.17, 15) is 4.79 Å². The van der Waals surface area contributed by atoms with E-state index in [4.69, 9.17) is 33.7 Å². The van der Waals surface area contributed by atoms with Crippen molar-refractivity contribution >= 4 is 51.8 Å². The third-order valence-electron chi connectivity index (χ3n) is 3.72. The number of nitrogens with zero attached hydrogens (tertiary/aromatic N) is 2. The molecule has 6 nitrogen and oxygen atoms in total. The Labute approximate surface area is 176 Å². The van der Waals surface area contributed by atoms with Gasteiger partial charge in [-0.3, -0.25) is 4.79 Å². The van der Waals surface area contributed by atoms with E-state index in [0.717, 1.165) is 22.5 Å². The Morgan fingerprint density at radius 1 is 1.25 bits per heavy atom. The second-order valence-corrected chi connectivity index (χ2v) is 7.57. The third kappa shape index (κ3) is 5.01. The Balaban J connectivity index is 1.56. The van der Waals surface area contributed by atoms with Crippen molar-refractivity contribution in [2.24, 2.45) is 5.10 Å². The van der Waals surface area contributed by atoms with Crippen molar-refractivity contribution in [2.45, 2.75) is 13.5 Å². The van der Waals surface area contributed by atoms with Crippen LogP contribution in [0, 0.1) is 6.92 Å². The van der Waals surface area contributed by atoms with Crippen LogP contribution in [0.1, 0.15) is 26.5 Å². The van der Waals surface area contributed by atoms with E-state index in [0.29, 0.717) is 31.5 Å². The van der Waals surface area contributed by atoms with Crippen molar-refractivity contribution in [1.29, 1.82) is 0 Å². The second kappa shape index (κ2) is 9.05. The number of ether oxygens (including phenoxy) is 1. The largest absolute Gasteiger partial charge is 0.489 e. The molecule has 2 aromatic carbocycles. The first kappa shape index (κ1) is 20.1. The van der Waals surface area contributed by atoms with Crippen molar-refractivity contribution in [3.8, 4) is 5.75 Å². The molecule has 0 spiro atoms. The molecule has 0 aliphatic heterocycles. The molecule has 1 amide bonds. The highest BCUT2D eigenvalue weighted by atomic mass is 35.5. The lowest BCUT2D eigenvalue weighted by Gasteiger charge is -2.09. The van der Waals surface area contributed by atoms with E-state index in [-0.39, 0.29) is 12.5 Å². The van der Waals surface area contributed by atoms with Crippen molar-refractivity contribution in [3.05, 3.63) is 74.2 Å². The molecule has 1 aromatic heterocycles. The maximum atomic E-state index is 12.0. The fraction of sp³-hybridized carbons (Fsp3) is 0.105. The minimum atomic E-state index is -0.348. The van der Waals surface area contributed by atoms with Crippen LogP contribution >= 0.6 is 34.5 Å². The van der Waals surface area contributed by atoms with Crippen LogP contribution < -0.4 is 15.9 Å². The van der Waals surface area contributed by atoms with Gasteiger partial charge < -0.3 is 10.5 Å². The first-order valence-corrected chi connectivity index (χ1v) is 9.73. The summed E-state index contributed by atoms with van der Waals surface area (Å²) < 4.78 is 5.72. The predicted octanol–water partition coefficient (Wildman–Crippen LogP) is 4.68. The van der Waals surface area contributed by atoms with E-state index < -0.39 is 0 Å². The molecule has 3 rings (SSSR count). The average molecular weight is 435 g/mol. The number of hydrogen-bond acceptors (Lipinski definition) is 6. The molecular formula is C19H16Cl2N4O2S. The Hall–Kier alpha value is -2.61. The fourth-order valence-electron chi connectivity index (χ4n) is 2.32. The maximum absolute atomic E-state index is 12.0. The minimum Gasteiger partial charge on any atom is -0.489 e. The zero-order valence-electron chi connectivity index (χ0n) is 14.8.